The first-order valence-electron chi connectivity index (χ1n) is 8.94. The highest BCUT2D eigenvalue weighted by atomic mass is 16.5. The second kappa shape index (κ2) is 4.97. The van der Waals surface area contributed by atoms with Gasteiger partial charge in [-0.2, -0.15) is 0 Å². The summed E-state index contributed by atoms with van der Waals surface area (Å²) in [6.07, 6.45) is 4.49. The third-order valence-electron chi connectivity index (χ3n) is 7.22. The van der Waals surface area contributed by atoms with Crippen LogP contribution >= 0.6 is 0 Å². The largest absolute Gasteiger partial charge is 0.497 e. The molecule has 6 atom stereocenters. The van der Waals surface area contributed by atoms with E-state index in [0.29, 0.717) is 17.8 Å². The molecule has 0 unspecified atom stereocenters. The highest BCUT2D eigenvalue weighted by Gasteiger charge is 2.61. The number of hydrogen-bond donors (Lipinski definition) is 2. The lowest BCUT2D eigenvalue weighted by Crippen LogP contribution is -2.46. The number of aryl methyl sites for hydroxylation is 1. The minimum absolute atomic E-state index is 0.130. The summed E-state index contributed by atoms with van der Waals surface area (Å²) in [6.45, 7) is 4.02. The lowest BCUT2D eigenvalue weighted by atomic mass is 9.55. The third-order valence-corrected chi connectivity index (χ3v) is 7.22. The Balaban J connectivity index is 1.70. The van der Waals surface area contributed by atoms with Gasteiger partial charge in [0.05, 0.1) is 18.8 Å². The number of fused-ring (bicyclic) bond motifs is 5. The Morgan fingerprint density at radius 3 is 2.74 bits per heavy atom. The van der Waals surface area contributed by atoms with Crippen LogP contribution in [-0.2, 0) is 6.42 Å². The Hall–Kier alpha value is -1.06. The molecule has 0 radical (unpaired) electrons. The number of methoxy groups -OCH3 is 1. The van der Waals surface area contributed by atoms with Gasteiger partial charge in [-0.3, -0.25) is 0 Å². The van der Waals surface area contributed by atoms with Crippen molar-refractivity contribution < 1.29 is 14.9 Å². The fraction of sp³-hybridized carbons (Fsp3) is 0.700. The van der Waals surface area contributed by atoms with Crippen molar-refractivity contribution in [1.82, 2.24) is 0 Å². The zero-order valence-electron chi connectivity index (χ0n) is 14.4. The fourth-order valence-corrected chi connectivity index (χ4v) is 6.02. The van der Waals surface area contributed by atoms with Gasteiger partial charge < -0.3 is 14.9 Å². The lowest BCUT2D eigenvalue weighted by molar-refractivity contribution is -0.0903. The molecule has 3 aliphatic rings. The predicted molar refractivity (Wildman–Crippen MR) is 89.6 cm³/mol. The first-order valence-corrected chi connectivity index (χ1v) is 8.94. The number of ether oxygens (including phenoxy) is 1. The molecule has 0 amide bonds. The van der Waals surface area contributed by atoms with E-state index in [0.717, 1.165) is 37.9 Å². The number of benzene rings is 1. The van der Waals surface area contributed by atoms with Gasteiger partial charge in [-0.15, -0.1) is 0 Å². The van der Waals surface area contributed by atoms with Crippen LogP contribution < -0.4 is 4.74 Å². The van der Waals surface area contributed by atoms with Gasteiger partial charge in [0.2, 0.25) is 0 Å². The highest BCUT2D eigenvalue weighted by molar-refractivity contribution is 5.40. The van der Waals surface area contributed by atoms with Crippen molar-refractivity contribution in [3.8, 4) is 5.75 Å². The molecule has 1 aromatic rings. The molecule has 2 N–H and O–H groups in total. The smallest absolute Gasteiger partial charge is 0.119 e. The van der Waals surface area contributed by atoms with Gasteiger partial charge in [-0.1, -0.05) is 13.0 Å². The van der Waals surface area contributed by atoms with Crippen LogP contribution in [0.3, 0.4) is 0 Å². The summed E-state index contributed by atoms with van der Waals surface area (Å²) in [4.78, 5) is 0. The maximum absolute atomic E-state index is 10.7. The van der Waals surface area contributed by atoms with Gasteiger partial charge in [0.1, 0.15) is 5.75 Å². The first kappa shape index (κ1) is 15.5. The average Bonchev–Trinajstić information content (AvgIpc) is 2.73. The van der Waals surface area contributed by atoms with Gasteiger partial charge in [0.15, 0.2) is 0 Å². The molecule has 2 fully saturated rings. The number of hydrogen-bond acceptors (Lipinski definition) is 3. The summed E-state index contributed by atoms with van der Waals surface area (Å²) in [5, 5.41) is 21.3. The molecule has 2 saturated carbocycles. The SMILES string of the molecule is COc1ccc2c(c1)CC[C@H]1[C@H]2CC[C@]2(C)[C@@H](O)[C@](C)(O)C[C@@H]12. The van der Waals surface area contributed by atoms with Gasteiger partial charge in [0, 0.05) is 0 Å². The summed E-state index contributed by atoms with van der Waals surface area (Å²) >= 11 is 0. The Morgan fingerprint density at radius 1 is 1.22 bits per heavy atom. The van der Waals surface area contributed by atoms with Gasteiger partial charge in [0.25, 0.3) is 0 Å². The standard InChI is InChI=1S/C20H28O3/c1-19-9-8-15-14-7-5-13(23-3)10-12(14)4-6-16(15)17(19)11-20(2,22)18(19)21/h5,7,10,15-18,21-22H,4,6,8-9,11H2,1-3H3/t15-,16-,17-,18+,19-,20+/m0/s1. The molecule has 1 aromatic carbocycles. The Kier molecular flexibility index (Phi) is 3.34. The molecule has 126 valence electrons. The molecule has 0 spiro atoms. The van der Waals surface area contributed by atoms with E-state index in [9.17, 15) is 10.2 Å². The first-order chi connectivity index (χ1) is 10.9. The summed E-state index contributed by atoms with van der Waals surface area (Å²) in [5.41, 5.74) is 1.84. The predicted octanol–water partition coefficient (Wildman–Crippen LogP) is 3.27. The number of aliphatic hydroxyl groups excluding tert-OH is 1. The zero-order chi connectivity index (χ0) is 16.4. The third kappa shape index (κ3) is 2.09. The molecule has 3 aliphatic carbocycles. The highest BCUT2D eigenvalue weighted by Crippen LogP contribution is 2.63. The quantitative estimate of drug-likeness (QED) is 0.836. The number of aliphatic hydroxyl groups is 2. The molecule has 0 aliphatic heterocycles. The van der Waals surface area contributed by atoms with Crippen molar-refractivity contribution in [3.05, 3.63) is 29.3 Å². The molecule has 0 bridgehead atoms. The summed E-state index contributed by atoms with van der Waals surface area (Å²) in [6, 6.07) is 6.52. The molecule has 0 heterocycles. The molecule has 0 aromatic heterocycles. The van der Waals surface area contributed by atoms with Gasteiger partial charge in [-0.25, -0.2) is 0 Å². The van der Waals surface area contributed by atoms with Crippen molar-refractivity contribution in [2.45, 2.75) is 63.6 Å². The van der Waals surface area contributed by atoms with E-state index in [1.165, 1.54) is 11.1 Å². The van der Waals surface area contributed by atoms with Crippen LogP contribution in [0.1, 0.15) is 56.6 Å². The van der Waals surface area contributed by atoms with E-state index in [1.807, 2.05) is 6.92 Å². The normalized spacial score (nSPS) is 45.1. The van der Waals surface area contributed by atoms with Crippen LogP contribution in [-0.4, -0.2) is 29.0 Å². The summed E-state index contributed by atoms with van der Waals surface area (Å²) in [5.74, 6) is 2.52. The second-order valence-corrected chi connectivity index (χ2v) is 8.49. The van der Waals surface area contributed by atoms with Crippen LogP contribution in [0.5, 0.6) is 5.75 Å². The van der Waals surface area contributed by atoms with Crippen molar-refractivity contribution in [2.24, 2.45) is 17.3 Å². The van der Waals surface area contributed by atoms with E-state index < -0.39 is 11.7 Å². The van der Waals surface area contributed by atoms with Crippen molar-refractivity contribution in [3.63, 3.8) is 0 Å². The topological polar surface area (TPSA) is 49.7 Å². The van der Waals surface area contributed by atoms with Crippen LogP contribution in [0.15, 0.2) is 18.2 Å². The van der Waals surface area contributed by atoms with Crippen molar-refractivity contribution >= 4 is 0 Å². The summed E-state index contributed by atoms with van der Waals surface area (Å²) < 4.78 is 5.38. The van der Waals surface area contributed by atoms with E-state index in [1.54, 1.807) is 7.11 Å². The van der Waals surface area contributed by atoms with Gasteiger partial charge >= 0.3 is 0 Å². The molecule has 3 nitrogen and oxygen atoms in total. The van der Waals surface area contributed by atoms with Gasteiger partial charge in [-0.05, 0) is 85.5 Å². The fourth-order valence-electron chi connectivity index (χ4n) is 6.02. The Labute approximate surface area is 138 Å². The molecular formula is C20H28O3. The Bertz CT molecular complexity index is 623. The molecule has 0 saturated heterocycles. The molecule has 4 rings (SSSR count). The minimum Gasteiger partial charge on any atom is -0.497 e. The lowest BCUT2D eigenvalue weighted by Gasteiger charge is -2.50. The van der Waals surface area contributed by atoms with Crippen LogP contribution in [0.2, 0.25) is 0 Å². The molecular weight excluding hydrogens is 288 g/mol. The summed E-state index contributed by atoms with van der Waals surface area (Å²) in [7, 11) is 1.72. The average molecular weight is 316 g/mol. The van der Waals surface area contributed by atoms with E-state index in [2.05, 4.69) is 25.1 Å². The van der Waals surface area contributed by atoms with E-state index >= 15 is 0 Å². The van der Waals surface area contributed by atoms with E-state index in [4.69, 9.17) is 4.74 Å². The van der Waals surface area contributed by atoms with Crippen LogP contribution in [0, 0.1) is 17.3 Å². The second-order valence-electron chi connectivity index (χ2n) is 8.49. The number of rotatable bonds is 1. The van der Waals surface area contributed by atoms with Crippen molar-refractivity contribution in [1.29, 1.82) is 0 Å². The maximum atomic E-state index is 10.7. The zero-order valence-corrected chi connectivity index (χ0v) is 14.4. The maximum Gasteiger partial charge on any atom is 0.119 e. The monoisotopic (exact) mass is 316 g/mol. The van der Waals surface area contributed by atoms with Crippen molar-refractivity contribution in [2.75, 3.05) is 7.11 Å². The van der Waals surface area contributed by atoms with Crippen LogP contribution in [0.4, 0.5) is 0 Å². The van der Waals surface area contributed by atoms with E-state index in [-0.39, 0.29) is 5.41 Å². The Morgan fingerprint density at radius 2 is 2.00 bits per heavy atom. The molecule has 3 heteroatoms. The van der Waals surface area contributed by atoms with Crippen LogP contribution in [0.25, 0.3) is 0 Å². The minimum atomic E-state index is -0.936. The molecule has 23 heavy (non-hydrogen) atoms.